The van der Waals surface area contributed by atoms with Crippen molar-refractivity contribution in [3.05, 3.63) is 96.4 Å². The van der Waals surface area contributed by atoms with Crippen LogP contribution in [0.25, 0.3) is 32.9 Å². The first-order valence-electron chi connectivity index (χ1n) is 16.9. The van der Waals surface area contributed by atoms with Gasteiger partial charge in [-0.3, -0.25) is 9.48 Å². The van der Waals surface area contributed by atoms with E-state index < -0.39 is 5.97 Å². The van der Waals surface area contributed by atoms with Crippen LogP contribution in [-0.4, -0.2) is 49.0 Å². The van der Waals surface area contributed by atoms with Gasteiger partial charge in [0.1, 0.15) is 11.4 Å². The van der Waals surface area contributed by atoms with E-state index in [9.17, 15) is 9.90 Å². The highest BCUT2D eigenvalue weighted by atomic mass is 79.9. The fourth-order valence-corrected chi connectivity index (χ4v) is 8.73. The van der Waals surface area contributed by atoms with Crippen molar-refractivity contribution in [1.29, 1.82) is 0 Å². The fraction of sp³-hybridized carbons (Fsp3) is 0.308. The van der Waals surface area contributed by atoms with Gasteiger partial charge in [0, 0.05) is 76.2 Å². The lowest BCUT2D eigenvalue weighted by Crippen LogP contribution is -2.32. The van der Waals surface area contributed by atoms with E-state index in [1.165, 1.54) is 0 Å². The number of carbonyl (C=O) groups excluding carboxylic acids is 1. The molecule has 12 heteroatoms. The van der Waals surface area contributed by atoms with Crippen molar-refractivity contribution < 1.29 is 19.4 Å². The molecule has 0 atom stereocenters. The summed E-state index contributed by atoms with van der Waals surface area (Å²) in [5.74, 6) is -0.488. The van der Waals surface area contributed by atoms with Gasteiger partial charge in [0.25, 0.3) is 5.91 Å². The standard InChI is InChI=1S/C39H38BrCl2N5O4/c1-20-15-25(16-21(2)35(20)42)51-14-7-9-26-27-10-11-30(41)34(32-22(3)43-45(6)23(32)4)36(27)47-13-8-12-46(38(48)37(26)47)24-17-28(39(49)50)33-29(40)19-44(5)31(33)18-24/h10-11,15-19H,7-9,12-14H2,1-6H3,(H,49,50). The second-order valence-corrected chi connectivity index (χ2v) is 15.0. The lowest BCUT2D eigenvalue weighted by atomic mass is 9.98. The van der Waals surface area contributed by atoms with Crippen LogP contribution in [0.4, 0.5) is 5.69 Å². The van der Waals surface area contributed by atoms with Gasteiger partial charge in [-0.1, -0.05) is 29.3 Å². The minimum atomic E-state index is -1.06. The zero-order valence-electron chi connectivity index (χ0n) is 29.3. The molecule has 7 rings (SSSR count). The molecule has 0 spiro atoms. The molecule has 1 aliphatic rings. The largest absolute Gasteiger partial charge is 0.494 e. The summed E-state index contributed by atoms with van der Waals surface area (Å²) in [7, 11) is 3.79. The first kappa shape index (κ1) is 35.2. The maximum Gasteiger partial charge on any atom is 0.336 e. The molecule has 1 amide bonds. The van der Waals surface area contributed by atoms with Crippen LogP contribution in [-0.2, 0) is 27.1 Å². The average Bonchev–Trinajstić information content (AvgIpc) is 3.59. The molecule has 51 heavy (non-hydrogen) atoms. The Bertz CT molecular complexity index is 2400. The SMILES string of the molecule is Cc1cc(OCCCc2c3n(c4c(-c5c(C)nn(C)c5C)c(Cl)ccc24)CCCN(c2cc(C(=O)O)c4c(Br)cn(C)c4c2)C3=O)cc(C)c1Cl. The molecule has 0 saturated heterocycles. The summed E-state index contributed by atoms with van der Waals surface area (Å²) in [5, 5.41) is 17.8. The zero-order chi connectivity index (χ0) is 36.5. The molecule has 0 radical (unpaired) electrons. The fourth-order valence-electron chi connectivity index (χ4n) is 7.65. The first-order chi connectivity index (χ1) is 24.3. The summed E-state index contributed by atoms with van der Waals surface area (Å²) in [6.07, 6.45) is 3.70. The molecule has 0 saturated carbocycles. The summed E-state index contributed by atoms with van der Waals surface area (Å²) in [5.41, 5.74) is 9.34. The van der Waals surface area contributed by atoms with E-state index in [1.54, 1.807) is 11.0 Å². The summed E-state index contributed by atoms with van der Waals surface area (Å²) in [6.45, 7) is 9.36. The summed E-state index contributed by atoms with van der Waals surface area (Å²) in [4.78, 5) is 29.3. The second kappa shape index (κ2) is 13.4. The third-order valence-electron chi connectivity index (χ3n) is 10.1. The third kappa shape index (κ3) is 5.91. The number of nitrogens with zero attached hydrogens (tertiary/aromatic N) is 5. The van der Waals surface area contributed by atoms with Crippen molar-refractivity contribution in [2.24, 2.45) is 14.1 Å². The van der Waals surface area contributed by atoms with Gasteiger partial charge in [0.15, 0.2) is 0 Å². The normalized spacial score (nSPS) is 13.4. The summed E-state index contributed by atoms with van der Waals surface area (Å²) in [6, 6.07) is 11.3. The Morgan fingerprint density at radius 3 is 2.41 bits per heavy atom. The van der Waals surface area contributed by atoms with Gasteiger partial charge < -0.3 is 23.9 Å². The summed E-state index contributed by atoms with van der Waals surface area (Å²) >= 11 is 17.0. The van der Waals surface area contributed by atoms with Gasteiger partial charge in [0.05, 0.1) is 33.9 Å². The number of benzene rings is 3. The van der Waals surface area contributed by atoms with Gasteiger partial charge in [0.2, 0.25) is 0 Å². The molecular weight excluding hydrogens is 753 g/mol. The number of fused-ring (bicyclic) bond motifs is 4. The van der Waals surface area contributed by atoms with E-state index in [1.807, 2.05) is 87.6 Å². The van der Waals surface area contributed by atoms with Crippen molar-refractivity contribution in [3.8, 4) is 16.9 Å². The van der Waals surface area contributed by atoms with Crippen LogP contribution in [0.5, 0.6) is 5.75 Å². The number of carboxylic acid groups (broad SMARTS) is 1. The van der Waals surface area contributed by atoms with E-state index in [2.05, 4.69) is 20.5 Å². The summed E-state index contributed by atoms with van der Waals surface area (Å²) < 4.78 is 12.7. The lowest BCUT2D eigenvalue weighted by Gasteiger charge is -2.22. The highest BCUT2D eigenvalue weighted by molar-refractivity contribution is 9.10. The molecule has 0 unspecified atom stereocenters. The van der Waals surface area contributed by atoms with Gasteiger partial charge in [-0.25, -0.2) is 4.79 Å². The van der Waals surface area contributed by atoms with Crippen LogP contribution in [0.2, 0.25) is 10.0 Å². The highest BCUT2D eigenvalue weighted by Crippen LogP contribution is 2.43. The van der Waals surface area contributed by atoms with Gasteiger partial charge in [-0.05, 0) is 110 Å². The van der Waals surface area contributed by atoms with Crippen LogP contribution in [0.1, 0.15) is 61.8 Å². The van der Waals surface area contributed by atoms with Crippen molar-refractivity contribution in [2.75, 3.05) is 18.1 Å². The Kier molecular flexibility index (Phi) is 9.23. The Balaban J connectivity index is 1.38. The monoisotopic (exact) mass is 789 g/mol. The lowest BCUT2D eigenvalue weighted by molar-refractivity contribution is 0.0698. The Morgan fingerprint density at radius 2 is 1.75 bits per heavy atom. The van der Waals surface area contributed by atoms with E-state index in [4.69, 9.17) is 33.0 Å². The average molecular weight is 792 g/mol. The van der Waals surface area contributed by atoms with Crippen LogP contribution in [0.3, 0.4) is 0 Å². The molecule has 0 fully saturated rings. The van der Waals surface area contributed by atoms with E-state index in [0.29, 0.717) is 65.2 Å². The van der Waals surface area contributed by atoms with Crippen molar-refractivity contribution in [2.45, 2.75) is 53.5 Å². The third-order valence-corrected chi connectivity index (χ3v) is 11.6. The highest BCUT2D eigenvalue weighted by Gasteiger charge is 2.33. The van der Waals surface area contributed by atoms with Crippen molar-refractivity contribution in [1.82, 2.24) is 18.9 Å². The first-order valence-corrected chi connectivity index (χ1v) is 18.4. The molecule has 1 aliphatic heterocycles. The predicted octanol–water partition coefficient (Wildman–Crippen LogP) is 9.60. The molecule has 0 bridgehead atoms. The van der Waals surface area contributed by atoms with Crippen LogP contribution in [0, 0.1) is 27.7 Å². The number of carbonyl (C=O) groups is 2. The Morgan fingerprint density at radius 1 is 1.02 bits per heavy atom. The molecule has 3 aromatic heterocycles. The number of aryl methyl sites for hydroxylation is 7. The number of anilines is 1. The predicted molar refractivity (Wildman–Crippen MR) is 207 cm³/mol. The number of amides is 1. The quantitative estimate of drug-likeness (QED) is 0.155. The number of carboxylic acids is 1. The molecule has 9 nitrogen and oxygen atoms in total. The number of hydrogen-bond acceptors (Lipinski definition) is 4. The number of rotatable bonds is 8. The maximum absolute atomic E-state index is 15.0. The van der Waals surface area contributed by atoms with Gasteiger partial charge >= 0.3 is 5.97 Å². The molecule has 6 aromatic rings. The molecule has 3 aromatic carbocycles. The number of ether oxygens (including phenoxy) is 1. The topological polar surface area (TPSA) is 94.5 Å². The number of halogens is 3. The molecule has 1 N–H and O–H groups in total. The van der Waals surface area contributed by atoms with Gasteiger partial charge in [-0.2, -0.15) is 5.10 Å². The number of aromatic nitrogens is 4. The van der Waals surface area contributed by atoms with E-state index in [0.717, 1.165) is 66.4 Å². The molecule has 264 valence electrons. The molecular formula is C39H38BrCl2N5O4. The number of aromatic carboxylic acids is 1. The minimum Gasteiger partial charge on any atom is -0.494 e. The minimum absolute atomic E-state index is 0.134. The Labute approximate surface area is 314 Å². The maximum atomic E-state index is 15.0. The van der Waals surface area contributed by atoms with E-state index >= 15 is 4.79 Å². The molecule has 0 aliphatic carbocycles. The smallest absolute Gasteiger partial charge is 0.336 e. The number of hydrogen-bond donors (Lipinski definition) is 1. The second-order valence-electron chi connectivity index (χ2n) is 13.4. The van der Waals surface area contributed by atoms with Crippen molar-refractivity contribution >= 4 is 78.5 Å². The van der Waals surface area contributed by atoms with Crippen LogP contribution in [0.15, 0.2) is 47.1 Å². The Hall–Kier alpha value is -4.25. The van der Waals surface area contributed by atoms with Crippen molar-refractivity contribution in [3.63, 3.8) is 0 Å². The zero-order valence-corrected chi connectivity index (χ0v) is 32.4. The van der Waals surface area contributed by atoms with E-state index in [-0.39, 0.29) is 11.5 Å². The van der Waals surface area contributed by atoms with Crippen LogP contribution >= 0.6 is 39.1 Å². The van der Waals surface area contributed by atoms with Gasteiger partial charge in [-0.15, -0.1) is 0 Å². The van der Waals surface area contributed by atoms with Crippen LogP contribution < -0.4 is 9.64 Å². The molecule has 4 heterocycles.